The van der Waals surface area contributed by atoms with Crippen LogP contribution in [0.3, 0.4) is 0 Å². The van der Waals surface area contributed by atoms with Crippen LogP contribution < -0.4 is 0 Å². The van der Waals surface area contributed by atoms with Crippen molar-refractivity contribution in [3.8, 4) is 11.4 Å². The van der Waals surface area contributed by atoms with Crippen LogP contribution >= 0.6 is 11.8 Å². The van der Waals surface area contributed by atoms with Gasteiger partial charge in [-0.2, -0.15) is 5.10 Å². The minimum Gasteiger partial charge on any atom is -0.481 e. The van der Waals surface area contributed by atoms with Gasteiger partial charge in [0.25, 0.3) is 0 Å². The number of carboxylic acid groups (broad SMARTS) is 1. The number of halogens is 3. The van der Waals surface area contributed by atoms with Crippen LogP contribution in [0, 0.1) is 28.8 Å². The van der Waals surface area contributed by atoms with E-state index in [4.69, 9.17) is 10.1 Å². The predicted molar refractivity (Wildman–Crippen MR) is 193 cm³/mol. The smallest absolute Gasteiger partial charge is 0.306 e. The van der Waals surface area contributed by atoms with Gasteiger partial charge in [-0.05, 0) is 73.1 Å². The lowest BCUT2D eigenvalue weighted by Crippen LogP contribution is -2.28. The zero-order valence-electron chi connectivity index (χ0n) is 28.9. The molecule has 4 bridgehead atoms. The number of H-pyrrole nitrogens is 1. The molecule has 2 atom stereocenters. The van der Waals surface area contributed by atoms with Crippen LogP contribution in [0.4, 0.5) is 13.2 Å². The summed E-state index contributed by atoms with van der Waals surface area (Å²) in [6, 6.07) is 13.3. The second-order valence-corrected chi connectivity index (χ2v) is 17.3. The van der Waals surface area contributed by atoms with Gasteiger partial charge in [0.2, 0.25) is 0 Å². The number of nitrogens with zero attached hydrogens (tertiary/aromatic N) is 3. The Hall–Kier alpha value is -4.36. The molecule has 0 saturated carbocycles. The Balaban J connectivity index is 1.53. The summed E-state index contributed by atoms with van der Waals surface area (Å²) in [5.41, 5.74) is 0.350. The van der Waals surface area contributed by atoms with Crippen molar-refractivity contribution in [2.24, 2.45) is 18.4 Å². The van der Waals surface area contributed by atoms with E-state index in [1.807, 2.05) is 45.0 Å². The fourth-order valence-corrected chi connectivity index (χ4v) is 9.51. The number of benzene rings is 3. The van der Waals surface area contributed by atoms with Gasteiger partial charge >= 0.3 is 5.97 Å². The lowest BCUT2D eigenvalue weighted by atomic mass is 9.75. The fourth-order valence-electron chi connectivity index (χ4n) is 6.83. The minimum absolute atomic E-state index is 0.0900. The Morgan fingerprint density at radius 1 is 1.08 bits per heavy atom. The van der Waals surface area contributed by atoms with E-state index in [1.54, 1.807) is 20.0 Å². The molecule has 0 amide bonds. The van der Waals surface area contributed by atoms with Gasteiger partial charge in [0.15, 0.2) is 33.1 Å². The Morgan fingerprint density at radius 2 is 1.84 bits per heavy atom. The largest absolute Gasteiger partial charge is 0.481 e. The average molecular weight is 737 g/mol. The number of nitrogens with one attached hydrogen (secondary N) is 1. The molecule has 2 aromatic heterocycles. The summed E-state index contributed by atoms with van der Waals surface area (Å²) < 4.78 is 75.3. The van der Waals surface area contributed by atoms with Crippen molar-refractivity contribution in [2.45, 2.75) is 68.6 Å². The Morgan fingerprint density at radius 3 is 2.59 bits per heavy atom. The third-order valence-electron chi connectivity index (χ3n) is 9.64. The lowest BCUT2D eigenvalue weighted by molar-refractivity contribution is -0.141. The number of fused-ring (bicyclic) bond motifs is 8. The molecule has 3 heterocycles. The molecule has 1 aliphatic rings. The van der Waals surface area contributed by atoms with E-state index >= 15 is 13.2 Å². The SMILES string of the molecule is C[C@@H](Cc1cccc([C@@]2(C)CCCC(C)(C)CS(=O)(=O)/C=C/c3c(c(F)c(F)c4[nH]ccc34)Sc3ccc(F)c(c3)-c3nc2nn3C)c1)C(=O)O. The molecule has 0 radical (unpaired) electrons. The highest BCUT2D eigenvalue weighted by atomic mass is 32.2. The monoisotopic (exact) mass is 736 g/mol. The Labute approximate surface area is 299 Å². The van der Waals surface area contributed by atoms with Gasteiger partial charge in [0, 0.05) is 34.5 Å². The lowest BCUT2D eigenvalue weighted by Gasteiger charge is -2.30. The van der Waals surface area contributed by atoms with Crippen LogP contribution in [0.2, 0.25) is 0 Å². The summed E-state index contributed by atoms with van der Waals surface area (Å²) in [6.07, 6.45) is 4.68. The summed E-state index contributed by atoms with van der Waals surface area (Å²) in [5, 5.41) is 15.7. The van der Waals surface area contributed by atoms with Crippen LogP contribution in [0.5, 0.6) is 0 Å². The first-order valence-corrected chi connectivity index (χ1v) is 19.1. The van der Waals surface area contributed by atoms with Gasteiger partial charge in [-0.3, -0.25) is 4.79 Å². The van der Waals surface area contributed by atoms with E-state index in [1.165, 1.54) is 35.2 Å². The maximum Gasteiger partial charge on any atom is 0.306 e. The quantitative estimate of drug-likeness (QED) is 0.190. The van der Waals surface area contributed by atoms with Gasteiger partial charge in [-0.25, -0.2) is 31.3 Å². The van der Waals surface area contributed by atoms with E-state index in [0.717, 1.165) is 28.3 Å². The molecular weight excluding hydrogens is 698 g/mol. The van der Waals surface area contributed by atoms with Crippen LogP contribution in [-0.2, 0) is 33.5 Å². The van der Waals surface area contributed by atoms with E-state index in [-0.39, 0.29) is 33.1 Å². The summed E-state index contributed by atoms with van der Waals surface area (Å²) >= 11 is 0.853. The molecule has 1 aliphatic heterocycles. The van der Waals surface area contributed by atoms with Gasteiger partial charge in [0.1, 0.15) is 5.82 Å². The normalized spacial score (nSPS) is 20.2. The second-order valence-electron chi connectivity index (χ2n) is 14.4. The molecule has 0 saturated heterocycles. The van der Waals surface area contributed by atoms with Crippen molar-refractivity contribution < 1.29 is 31.5 Å². The third-order valence-corrected chi connectivity index (χ3v) is 12.5. The highest BCUT2D eigenvalue weighted by Crippen LogP contribution is 2.42. The first-order chi connectivity index (χ1) is 24.0. The molecule has 51 heavy (non-hydrogen) atoms. The number of sulfone groups is 1. The number of carboxylic acids is 1. The second kappa shape index (κ2) is 13.6. The highest BCUT2D eigenvalue weighted by molar-refractivity contribution is 7.99. The third kappa shape index (κ3) is 7.36. The fraction of sp³-hybridized carbons (Fsp3) is 0.342. The molecule has 0 fully saturated rings. The summed E-state index contributed by atoms with van der Waals surface area (Å²) in [5.74, 6) is -3.92. The van der Waals surface area contributed by atoms with Crippen LogP contribution in [0.25, 0.3) is 28.4 Å². The van der Waals surface area contributed by atoms with E-state index in [0.29, 0.717) is 41.8 Å². The molecule has 13 heteroatoms. The number of hydrogen-bond acceptors (Lipinski definition) is 6. The molecule has 3 aromatic carbocycles. The number of aryl methyl sites for hydroxylation is 1. The number of hydrogen-bond donors (Lipinski definition) is 2. The molecule has 0 unspecified atom stereocenters. The maximum atomic E-state index is 15.8. The summed E-state index contributed by atoms with van der Waals surface area (Å²) in [4.78, 5) is 19.4. The predicted octanol–water partition coefficient (Wildman–Crippen LogP) is 8.70. The average Bonchev–Trinajstić information content (AvgIpc) is 3.70. The van der Waals surface area contributed by atoms with E-state index in [2.05, 4.69) is 4.98 Å². The van der Waals surface area contributed by atoms with Crippen LogP contribution in [-0.4, -0.2) is 45.0 Å². The number of aromatic nitrogens is 4. The summed E-state index contributed by atoms with van der Waals surface area (Å²) in [6.45, 7) is 7.38. The Bertz CT molecular complexity index is 2300. The molecule has 2 N–H and O–H groups in total. The van der Waals surface area contributed by atoms with Crippen molar-refractivity contribution in [3.05, 3.63) is 100 Å². The number of aliphatic carboxylic acids is 1. The zero-order chi connectivity index (χ0) is 36.9. The van der Waals surface area contributed by atoms with Crippen molar-refractivity contribution in [3.63, 3.8) is 0 Å². The molecule has 8 nitrogen and oxygen atoms in total. The summed E-state index contributed by atoms with van der Waals surface area (Å²) in [7, 11) is -2.18. The first kappa shape index (κ1) is 36.4. The van der Waals surface area contributed by atoms with Gasteiger partial charge < -0.3 is 10.1 Å². The first-order valence-electron chi connectivity index (χ1n) is 16.6. The van der Waals surface area contributed by atoms with Crippen molar-refractivity contribution in [1.29, 1.82) is 0 Å². The highest BCUT2D eigenvalue weighted by Gasteiger charge is 2.36. The van der Waals surface area contributed by atoms with Crippen LogP contribution in [0.1, 0.15) is 69.5 Å². The molecule has 0 spiro atoms. The zero-order valence-corrected chi connectivity index (χ0v) is 30.6. The molecular formula is C38H39F3N4O4S2. The van der Waals surface area contributed by atoms with Crippen molar-refractivity contribution in [2.75, 3.05) is 5.75 Å². The van der Waals surface area contributed by atoms with Crippen LogP contribution in [0.15, 0.2) is 69.9 Å². The van der Waals surface area contributed by atoms with E-state index in [9.17, 15) is 18.3 Å². The van der Waals surface area contributed by atoms with Gasteiger partial charge in [-0.15, -0.1) is 0 Å². The molecule has 268 valence electrons. The number of rotatable bonds is 4. The van der Waals surface area contributed by atoms with Gasteiger partial charge in [-0.1, -0.05) is 63.2 Å². The van der Waals surface area contributed by atoms with E-state index < -0.39 is 50.0 Å². The minimum atomic E-state index is -3.83. The molecule has 6 rings (SSSR count). The number of aromatic amines is 1. The molecule has 5 aromatic rings. The standard InChI is InChI=1S/C38H39F3N4O4S2/c1-22(35(46)47)18-23-8-6-9-24(19-23)38(4)15-7-14-37(2,3)21-51(48,49)17-13-27-26-12-16-42-32(26)30(40)31(41)33(27)50-25-10-11-29(39)28(20-25)34-43-36(38)44-45(34)5/h6,8-13,16-17,19-20,22,42H,7,14-15,18,21H2,1-5H3,(H,46,47)/b17-13+/t22-,38+/m0/s1. The van der Waals surface area contributed by atoms with Crippen molar-refractivity contribution >= 4 is 44.5 Å². The van der Waals surface area contributed by atoms with Crippen molar-refractivity contribution in [1.82, 2.24) is 19.7 Å². The van der Waals surface area contributed by atoms with Gasteiger partial charge in [0.05, 0.1) is 33.1 Å². The number of carbonyl (C=O) groups is 1. The topological polar surface area (TPSA) is 118 Å². The maximum absolute atomic E-state index is 15.8. The molecule has 0 aliphatic carbocycles. The Kier molecular flexibility index (Phi) is 9.75.